The van der Waals surface area contributed by atoms with Gasteiger partial charge in [-0.25, -0.2) is 0 Å². The zero-order valence-electron chi connectivity index (χ0n) is 36.9. The van der Waals surface area contributed by atoms with E-state index in [9.17, 15) is 53.1 Å². The third kappa shape index (κ3) is 6.75. The molecule has 0 bridgehead atoms. The number of fused-ring (bicyclic) bond motifs is 10. The molecule has 10 unspecified atom stereocenters. The fourth-order valence-electron chi connectivity index (χ4n) is 15.5. The van der Waals surface area contributed by atoms with Crippen molar-refractivity contribution in [2.45, 2.75) is 153 Å². The van der Waals surface area contributed by atoms with Crippen LogP contribution in [-0.4, -0.2) is 93.7 Å². The highest BCUT2D eigenvalue weighted by Gasteiger charge is 2.70. The lowest BCUT2D eigenvalue weighted by atomic mass is 9.45. The first kappa shape index (κ1) is 45.7. The number of aliphatic hydroxyl groups excluding tert-OH is 3. The van der Waals surface area contributed by atoms with Crippen LogP contribution >= 0.6 is 0 Å². The first-order valence-electron chi connectivity index (χ1n) is 22.9. The number of benzene rings is 1. The van der Waals surface area contributed by atoms with E-state index < -0.39 is 69.1 Å². The van der Waals surface area contributed by atoms with E-state index in [1.165, 1.54) is 17.7 Å². The molecule has 0 saturated heterocycles. The highest BCUT2D eigenvalue weighted by Crippen LogP contribution is 2.69. The average molecular weight is 879 g/mol. The minimum atomic E-state index is -4.15. The van der Waals surface area contributed by atoms with Gasteiger partial charge in [0.2, 0.25) is 0 Å². The molecule has 0 radical (unpaired) electrons. The molecule has 0 spiro atoms. The molecule has 1 aromatic rings. The van der Waals surface area contributed by atoms with E-state index in [1.807, 2.05) is 20.8 Å². The largest absolute Gasteiger partial charge is 0.393 e. The summed E-state index contributed by atoms with van der Waals surface area (Å²) < 4.78 is 30.4. The van der Waals surface area contributed by atoms with Crippen molar-refractivity contribution >= 4 is 33.3 Å². The summed E-state index contributed by atoms with van der Waals surface area (Å²) in [5.74, 6) is -0.254. The van der Waals surface area contributed by atoms with Crippen LogP contribution in [0.5, 0.6) is 0 Å². The number of hydrogen-bond acceptors (Lipinski definition) is 12. The molecule has 0 heterocycles. The molecule has 6 saturated carbocycles. The van der Waals surface area contributed by atoms with E-state index in [0.29, 0.717) is 38.5 Å². The van der Waals surface area contributed by atoms with Crippen molar-refractivity contribution in [1.29, 1.82) is 0 Å². The van der Waals surface area contributed by atoms with Gasteiger partial charge in [-0.05, 0) is 155 Å². The Kier molecular flexibility index (Phi) is 11.5. The highest BCUT2D eigenvalue weighted by atomic mass is 32.2. The van der Waals surface area contributed by atoms with E-state index in [-0.39, 0.29) is 75.6 Å². The van der Waals surface area contributed by atoms with Crippen molar-refractivity contribution in [3.8, 4) is 0 Å². The van der Waals surface area contributed by atoms with Crippen molar-refractivity contribution in [2.24, 2.45) is 57.2 Å². The van der Waals surface area contributed by atoms with Crippen molar-refractivity contribution in [2.75, 3.05) is 13.2 Å². The molecule has 8 aliphatic carbocycles. The normalized spacial score (nSPS) is 44.5. The van der Waals surface area contributed by atoms with E-state index in [4.69, 9.17) is 4.18 Å². The van der Waals surface area contributed by atoms with Gasteiger partial charge in [0.05, 0.1) is 17.1 Å². The van der Waals surface area contributed by atoms with E-state index in [2.05, 4.69) is 13.8 Å². The van der Waals surface area contributed by atoms with Gasteiger partial charge in [0.15, 0.2) is 23.1 Å². The number of allylic oxidation sites excluding steroid dienone is 2. The molecule has 0 amide bonds. The maximum absolute atomic E-state index is 13.4. The van der Waals surface area contributed by atoms with Gasteiger partial charge in [-0.2, -0.15) is 8.42 Å². The first-order chi connectivity index (χ1) is 29.0. The quantitative estimate of drug-likeness (QED) is 0.221. The van der Waals surface area contributed by atoms with Crippen LogP contribution in [-0.2, 0) is 33.5 Å². The number of hydrogen-bond donors (Lipinski definition) is 5. The van der Waals surface area contributed by atoms with Crippen molar-refractivity contribution in [3.05, 3.63) is 53.1 Å². The maximum atomic E-state index is 13.4. The Morgan fingerprint density at radius 3 is 1.55 bits per heavy atom. The number of aliphatic hydroxyl groups is 5. The lowest BCUT2D eigenvalue weighted by Crippen LogP contribution is -2.62. The SMILES string of the molecule is CC12CCC(=O)C=C1CCC1C2[C@@H](O)CC2(C)C1CC[C@]2(O)C(=O)CO.Cc1ccc(S(=O)(=O)OCC(=O)[C@@]2(O)CCC3C4CCC5=CC(=O)CCC5(C)C4[C@@H](O)CC32C)cc1. The molecule has 0 aliphatic heterocycles. The van der Waals surface area contributed by atoms with Crippen LogP contribution in [0.4, 0.5) is 0 Å². The molecular formula is C49H66O12S. The van der Waals surface area contributed by atoms with E-state index in [1.54, 1.807) is 24.3 Å². The van der Waals surface area contributed by atoms with Crippen molar-refractivity contribution < 1.29 is 57.3 Å². The minimum Gasteiger partial charge on any atom is -0.393 e. The molecule has 340 valence electrons. The predicted octanol–water partition coefficient (Wildman–Crippen LogP) is 5.28. The fourth-order valence-corrected chi connectivity index (χ4v) is 16.3. The number of rotatable bonds is 7. The summed E-state index contributed by atoms with van der Waals surface area (Å²) in [7, 11) is -4.15. The van der Waals surface area contributed by atoms with E-state index >= 15 is 0 Å². The van der Waals surface area contributed by atoms with Crippen LogP contribution < -0.4 is 0 Å². The van der Waals surface area contributed by atoms with Crippen molar-refractivity contribution in [3.63, 3.8) is 0 Å². The fraction of sp³-hybridized carbons (Fsp3) is 0.714. The predicted molar refractivity (Wildman–Crippen MR) is 228 cm³/mol. The molecule has 13 heteroatoms. The van der Waals surface area contributed by atoms with Crippen LogP contribution in [0.1, 0.15) is 123 Å². The lowest BCUT2D eigenvalue weighted by Gasteiger charge is -2.60. The third-order valence-electron chi connectivity index (χ3n) is 18.8. The third-order valence-corrected chi connectivity index (χ3v) is 20.1. The average Bonchev–Trinajstić information content (AvgIpc) is 3.65. The van der Waals surface area contributed by atoms with Crippen molar-refractivity contribution in [1.82, 2.24) is 0 Å². The van der Waals surface area contributed by atoms with Gasteiger partial charge in [0.1, 0.15) is 24.4 Å². The Labute approximate surface area is 365 Å². The smallest absolute Gasteiger partial charge is 0.297 e. The van der Waals surface area contributed by atoms with Crippen LogP contribution in [0.2, 0.25) is 0 Å². The van der Waals surface area contributed by atoms with Gasteiger partial charge in [-0.1, -0.05) is 56.5 Å². The van der Waals surface area contributed by atoms with Gasteiger partial charge < -0.3 is 25.5 Å². The summed E-state index contributed by atoms with van der Waals surface area (Å²) in [4.78, 5) is 49.7. The molecule has 12 nitrogen and oxygen atoms in total. The summed E-state index contributed by atoms with van der Waals surface area (Å²) in [6.07, 6.45) is 10.7. The number of carbonyl (C=O) groups excluding carboxylic acids is 4. The Morgan fingerprint density at radius 2 is 1.11 bits per heavy atom. The summed E-state index contributed by atoms with van der Waals surface area (Å²) in [5, 5.41) is 55.0. The number of carbonyl (C=O) groups is 4. The molecule has 1 aromatic carbocycles. The summed E-state index contributed by atoms with van der Waals surface area (Å²) in [6, 6.07) is 6.17. The molecule has 62 heavy (non-hydrogen) atoms. The van der Waals surface area contributed by atoms with Gasteiger partial charge >= 0.3 is 0 Å². The topological polar surface area (TPSA) is 213 Å². The Bertz CT molecular complexity index is 2200. The Hall–Kier alpha value is -2.91. The zero-order chi connectivity index (χ0) is 45.0. The van der Waals surface area contributed by atoms with Gasteiger partial charge in [0, 0.05) is 23.7 Å². The molecule has 14 atom stereocenters. The lowest BCUT2D eigenvalue weighted by molar-refractivity contribution is -0.182. The van der Waals surface area contributed by atoms with Gasteiger partial charge in [-0.15, -0.1) is 0 Å². The van der Waals surface area contributed by atoms with Crippen LogP contribution in [0.15, 0.2) is 52.5 Å². The minimum absolute atomic E-state index is 0.0181. The molecule has 8 aliphatic rings. The number of aryl methyl sites for hydroxylation is 1. The van der Waals surface area contributed by atoms with Crippen LogP contribution in [0.25, 0.3) is 0 Å². The maximum Gasteiger partial charge on any atom is 0.297 e. The van der Waals surface area contributed by atoms with Gasteiger partial charge in [0.25, 0.3) is 10.1 Å². The molecule has 0 aromatic heterocycles. The second kappa shape index (κ2) is 15.6. The second-order valence-electron chi connectivity index (χ2n) is 21.5. The number of Topliss-reactive ketones (excluding diaryl/α,β-unsaturated/α-hetero) is 2. The molecule has 5 N–H and O–H groups in total. The second-order valence-corrected chi connectivity index (χ2v) is 23.1. The Balaban J connectivity index is 0.000000180. The first-order valence-corrected chi connectivity index (χ1v) is 24.3. The van der Waals surface area contributed by atoms with Gasteiger partial charge in [-0.3, -0.25) is 23.4 Å². The molecular weight excluding hydrogens is 813 g/mol. The summed E-state index contributed by atoms with van der Waals surface area (Å²) in [5.41, 5.74) is -2.12. The van der Waals surface area contributed by atoms with E-state index in [0.717, 1.165) is 49.7 Å². The Morgan fingerprint density at radius 1 is 0.677 bits per heavy atom. The van der Waals surface area contributed by atoms with Crippen LogP contribution in [0.3, 0.4) is 0 Å². The van der Waals surface area contributed by atoms with Crippen LogP contribution in [0, 0.1) is 64.1 Å². The monoisotopic (exact) mass is 878 g/mol. The highest BCUT2D eigenvalue weighted by molar-refractivity contribution is 7.86. The zero-order valence-corrected chi connectivity index (χ0v) is 37.7. The standard InChI is InChI=1S/C28H36O7S.C21H30O5/c1-17-4-7-20(8-5-17)36(33,34)35-16-24(31)28(32)13-11-22-21-9-6-18-14-19(29)10-12-26(18,2)25(21)23(30)15-27(22,28)3;1-19-7-5-13(23)9-12(19)3-4-14-15-6-8-21(26,17(25)11-22)20(15,2)10-16(24)18(14)19/h4-5,7-8,14,21-23,25,30,32H,6,9-13,15-16H2,1-3H3;9,14-16,18,22,24,26H,3-8,10-11H2,1-2H3/t21?,22?,23-,25?,26?,27?,28-;14?,15?,16-,18?,19?,20?,21-/m00/s1. The number of ketones is 4. The molecule has 9 rings (SSSR count). The summed E-state index contributed by atoms with van der Waals surface area (Å²) in [6.45, 7) is 8.58. The molecule has 6 fully saturated rings. The summed E-state index contributed by atoms with van der Waals surface area (Å²) >= 11 is 0.